The molecule has 3 aromatic rings. The van der Waals surface area contributed by atoms with Gasteiger partial charge in [-0.15, -0.1) is 0 Å². The van der Waals surface area contributed by atoms with Gasteiger partial charge in [0.25, 0.3) is 0 Å². The van der Waals surface area contributed by atoms with E-state index in [9.17, 15) is 4.79 Å². The number of methoxy groups -OCH3 is 2. The number of nitrogens with zero attached hydrogens (tertiary/aromatic N) is 4. The normalized spacial score (nSPS) is 14.1. The van der Waals surface area contributed by atoms with E-state index >= 15 is 0 Å². The number of benzene rings is 2. The van der Waals surface area contributed by atoms with Crippen molar-refractivity contribution in [3.05, 3.63) is 77.4 Å². The Morgan fingerprint density at radius 1 is 0.853 bits per heavy atom. The summed E-state index contributed by atoms with van der Waals surface area (Å²) in [4.78, 5) is 26.3. The maximum Gasteiger partial charge on any atom is 0.161 e. The summed E-state index contributed by atoms with van der Waals surface area (Å²) in [6.45, 7) is 4.24. The highest BCUT2D eigenvalue weighted by Gasteiger charge is 2.15. The Kier molecular flexibility index (Phi) is 7.75. The summed E-state index contributed by atoms with van der Waals surface area (Å²) in [5.41, 5.74) is 5.01. The molecule has 4 rings (SSSR count). The zero-order valence-electron chi connectivity index (χ0n) is 20.2. The van der Waals surface area contributed by atoms with Crippen LogP contribution in [0.1, 0.15) is 22.5 Å². The first-order chi connectivity index (χ1) is 16.5. The van der Waals surface area contributed by atoms with Gasteiger partial charge < -0.3 is 19.3 Å². The summed E-state index contributed by atoms with van der Waals surface area (Å²) in [6, 6.07) is 16.1. The Morgan fingerprint density at radius 3 is 2.38 bits per heavy atom. The minimum atomic E-state index is 0.0916. The van der Waals surface area contributed by atoms with E-state index in [4.69, 9.17) is 9.47 Å². The molecule has 1 fully saturated rings. The van der Waals surface area contributed by atoms with Gasteiger partial charge in [0.2, 0.25) is 0 Å². The molecule has 1 saturated heterocycles. The zero-order valence-corrected chi connectivity index (χ0v) is 20.2. The Bertz CT molecular complexity index is 1130. The lowest BCUT2D eigenvalue weighted by Gasteiger charge is -2.34. The quantitative estimate of drug-likeness (QED) is 0.486. The largest absolute Gasteiger partial charge is 0.493 e. The molecule has 0 unspecified atom stereocenters. The number of aromatic nitrogens is 2. The lowest BCUT2D eigenvalue weighted by molar-refractivity contribution is -0.117. The first kappa shape index (κ1) is 23.7. The SMILES string of the molecule is COc1ccc(CC(=O)Cc2cc(Cc3cccc(N4CCN(C)CC4)c3)ncn2)cc1OC. The van der Waals surface area contributed by atoms with E-state index in [1.165, 1.54) is 11.3 Å². The fourth-order valence-corrected chi connectivity index (χ4v) is 4.26. The Labute approximate surface area is 201 Å². The zero-order chi connectivity index (χ0) is 23.9. The minimum Gasteiger partial charge on any atom is -0.493 e. The van der Waals surface area contributed by atoms with E-state index in [0.717, 1.165) is 43.1 Å². The molecule has 0 radical (unpaired) electrons. The van der Waals surface area contributed by atoms with Crippen molar-refractivity contribution in [2.75, 3.05) is 52.3 Å². The van der Waals surface area contributed by atoms with E-state index in [1.807, 2.05) is 24.3 Å². The molecule has 34 heavy (non-hydrogen) atoms. The molecular formula is C27H32N4O3. The van der Waals surface area contributed by atoms with Crippen LogP contribution in [-0.4, -0.2) is 68.1 Å². The van der Waals surface area contributed by atoms with Gasteiger partial charge in [-0.05, 0) is 48.5 Å². The second-order valence-corrected chi connectivity index (χ2v) is 8.72. The minimum absolute atomic E-state index is 0.0916. The highest BCUT2D eigenvalue weighted by atomic mass is 16.5. The number of ketones is 1. The van der Waals surface area contributed by atoms with Gasteiger partial charge in [-0.1, -0.05) is 18.2 Å². The third kappa shape index (κ3) is 6.11. The highest BCUT2D eigenvalue weighted by Crippen LogP contribution is 2.28. The number of anilines is 1. The molecule has 2 aromatic carbocycles. The standard InChI is InChI=1S/C27H32N4O3/c1-30-9-11-31(12-10-30)24-6-4-5-20(14-24)13-22-17-23(29-19-28-22)18-25(32)15-21-7-8-26(33-2)27(16-21)34-3/h4-8,14,16-17,19H,9-13,15,18H2,1-3H3. The molecule has 0 amide bonds. The molecule has 1 aromatic heterocycles. The molecule has 178 valence electrons. The van der Waals surface area contributed by atoms with E-state index in [-0.39, 0.29) is 12.2 Å². The third-order valence-corrected chi connectivity index (χ3v) is 6.17. The average molecular weight is 461 g/mol. The number of hydrogen-bond acceptors (Lipinski definition) is 7. The number of hydrogen-bond donors (Lipinski definition) is 0. The number of Topliss-reactive ketones (excluding diaryl/α,β-unsaturated/α-hetero) is 1. The van der Waals surface area contributed by atoms with E-state index in [1.54, 1.807) is 20.5 Å². The maximum atomic E-state index is 12.7. The monoisotopic (exact) mass is 460 g/mol. The number of rotatable bonds is 9. The first-order valence-corrected chi connectivity index (χ1v) is 11.6. The van der Waals surface area contributed by atoms with Crippen molar-refractivity contribution in [3.8, 4) is 11.5 Å². The van der Waals surface area contributed by atoms with Crippen LogP contribution in [0.25, 0.3) is 0 Å². The summed E-state index contributed by atoms with van der Waals surface area (Å²) >= 11 is 0. The molecule has 7 heteroatoms. The number of carbonyl (C=O) groups excluding carboxylic acids is 1. The van der Waals surface area contributed by atoms with Crippen LogP contribution >= 0.6 is 0 Å². The molecule has 0 aliphatic carbocycles. The van der Waals surface area contributed by atoms with Crippen molar-refractivity contribution in [1.82, 2.24) is 14.9 Å². The fourth-order valence-electron chi connectivity index (χ4n) is 4.26. The van der Waals surface area contributed by atoms with E-state index in [0.29, 0.717) is 24.3 Å². The van der Waals surface area contributed by atoms with Gasteiger partial charge in [-0.3, -0.25) is 4.79 Å². The molecule has 1 aliphatic rings. The molecule has 7 nitrogen and oxygen atoms in total. The summed E-state index contributed by atoms with van der Waals surface area (Å²) in [5, 5.41) is 0. The molecule has 0 N–H and O–H groups in total. The molecule has 0 spiro atoms. The van der Waals surface area contributed by atoms with Crippen LogP contribution in [0.4, 0.5) is 5.69 Å². The maximum absolute atomic E-state index is 12.7. The van der Waals surface area contributed by atoms with Crippen LogP contribution in [0.3, 0.4) is 0 Å². The van der Waals surface area contributed by atoms with Gasteiger partial charge in [0.1, 0.15) is 12.1 Å². The van der Waals surface area contributed by atoms with E-state index in [2.05, 4.69) is 51.1 Å². The van der Waals surface area contributed by atoms with Gasteiger partial charge in [-0.2, -0.15) is 0 Å². The molecule has 2 heterocycles. The van der Waals surface area contributed by atoms with Gasteiger partial charge >= 0.3 is 0 Å². The number of carbonyl (C=O) groups is 1. The smallest absolute Gasteiger partial charge is 0.161 e. The second-order valence-electron chi connectivity index (χ2n) is 8.72. The average Bonchev–Trinajstić information content (AvgIpc) is 2.84. The second kappa shape index (κ2) is 11.1. The van der Waals surface area contributed by atoms with Crippen LogP contribution in [0.5, 0.6) is 11.5 Å². The van der Waals surface area contributed by atoms with Crippen molar-refractivity contribution >= 4 is 11.5 Å². The third-order valence-electron chi connectivity index (χ3n) is 6.17. The first-order valence-electron chi connectivity index (χ1n) is 11.6. The Hall–Kier alpha value is -3.45. The Morgan fingerprint density at radius 2 is 1.62 bits per heavy atom. The molecule has 1 aliphatic heterocycles. The summed E-state index contributed by atoms with van der Waals surface area (Å²) < 4.78 is 10.6. The summed E-state index contributed by atoms with van der Waals surface area (Å²) in [6.07, 6.45) is 2.84. The Balaban J connectivity index is 1.39. The summed E-state index contributed by atoms with van der Waals surface area (Å²) in [5.74, 6) is 1.36. The molecular weight excluding hydrogens is 428 g/mol. The lowest BCUT2D eigenvalue weighted by Crippen LogP contribution is -2.44. The van der Waals surface area contributed by atoms with Gasteiger partial charge in [0.05, 0.1) is 19.9 Å². The van der Waals surface area contributed by atoms with Crippen LogP contribution in [0, 0.1) is 0 Å². The number of piperazine rings is 1. The van der Waals surface area contributed by atoms with Crippen molar-refractivity contribution in [2.45, 2.75) is 19.3 Å². The van der Waals surface area contributed by atoms with Gasteiger partial charge in [0, 0.05) is 56.8 Å². The topological polar surface area (TPSA) is 67.8 Å². The number of likely N-dealkylation sites (N-methyl/N-ethyl adjacent to an activating group) is 1. The fraction of sp³-hybridized carbons (Fsp3) is 0.370. The van der Waals surface area contributed by atoms with Crippen LogP contribution in [-0.2, 0) is 24.1 Å². The van der Waals surface area contributed by atoms with Crippen LogP contribution in [0.15, 0.2) is 54.9 Å². The predicted molar refractivity (Wildman–Crippen MR) is 133 cm³/mol. The van der Waals surface area contributed by atoms with Crippen molar-refractivity contribution in [2.24, 2.45) is 0 Å². The highest BCUT2D eigenvalue weighted by molar-refractivity contribution is 5.83. The van der Waals surface area contributed by atoms with Crippen molar-refractivity contribution in [1.29, 1.82) is 0 Å². The van der Waals surface area contributed by atoms with Crippen molar-refractivity contribution < 1.29 is 14.3 Å². The van der Waals surface area contributed by atoms with Crippen LogP contribution < -0.4 is 14.4 Å². The predicted octanol–water partition coefficient (Wildman–Crippen LogP) is 3.19. The van der Waals surface area contributed by atoms with Crippen LogP contribution in [0.2, 0.25) is 0 Å². The molecule has 0 saturated carbocycles. The lowest BCUT2D eigenvalue weighted by atomic mass is 10.0. The number of ether oxygens (including phenoxy) is 2. The van der Waals surface area contributed by atoms with Gasteiger partial charge in [-0.25, -0.2) is 9.97 Å². The van der Waals surface area contributed by atoms with Gasteiger partial charge in [0.15, 0.2) is 11.5 Å². The van der Waals surface area contributed by atoms with Crippen molar-refractivity contribution in [3.63, 3.8) is 0 Å². The molecule has 0 atom stereocenters. The summed E-state index contributed by atoms with van der Waals surface area (Å²) in [7, 11) is 5.35. The molecule has 0 bridgehead atoms. The van der Waals surface area contributed by atoms with E-state index < -0.39 is 0 Å².